The third-order valence-electron chi connectivity index (χ3n) is 2.93. The van der Waals surface area contributed by atoms with Gasteiger partial charge < -0.3 is 0 Å². The lowest BCUT2D eigenvalue weighted by atomic mass is 10.1. The molecule has 0 aromatic heterocycles. The third kappa shape index (κ3) is 2.79. The Bertz CT molecular complexity index is 598. The molecule has 0 atom stereocenters. The molecule has 1 aliphatic heterocycles. The summed E-state index contributed by atoms with van der Waals surface area (Å²) < 4.78 is 26.9. The van der Waals surface area contributed by atoms with E-state index in [1.165, 1.54) is 15.9 Å². The highest BCUT2D eigenvalue weighted by molar-refractivity contribution is 9.10. The smallest absolute Gasteiger partial charge is 0.207 e. The maximum absolute atomic E-state index is 12.4. The van der Waals surface area contributed by atoms with Gasteiger partial charge in [-0.05, 0) is 47.5 Å². The number of rotatable bonds is 2. The summed E-state index contributed by atoms with van der Waals surface area (Å²) in [4.78, 5) is 0.270. The Morgan fingerprint density at radius 3 is 2.67 bits per heavy atom. The van der Waals surface area contributed by atoms with Crippen LogP contribution in [0.4, 0.5) is 0 Å². The Morgan fingerprint density at radius 1 is 1.39 bits per heavy atom. The molecular formula is C12H13BrClNO2S. The molecule has 0 fully saturated rings. The highest BCUT2D eigenvalue weighted by Gasteiger charge is 2.25. The molecular weight excluding hydrogens is 338 g/mol. The molecule has 0 saturated heterocycles. The summed E-state index contributed by atoms with van der Waals surface area (Å²) >= 11 is 9.12. The van der Waals surface area contributed by atoms with Crippen LogP contribution in [0.2, 0.25) is 5.02 Å². The lowest BCUT2D eigenvalue weighted by Crippen LogP contribution is -2.34. The Morgan fingerprint density at radius 2 is 2.11 bits per heavy atom. The zero-order valence-electron chi connectivity index (χ0n) is 9.86. The van der Waals surface area contributed by atoms with E-state index in [-0.39, 0.29) is 4.90 Å². The predicted octanol–water partition coefficient (Wildman–Crippen LogP) is 3.44. The molecule has 0 saturated carbocycles. The van der Waals surface area contributed by atoms with E-state index >= 15 is 0 Å². The van der Waals surface area contributed by atoms with Crippen molar-refractivity contribution >= 4 is 37.6 Å². The van der Waals surface area contributed by atoms with Crippen LogP contribution in [-0.4, -0.2) is 25.8 Å². The Kier molecular flexibility index (Phi) is 4.16. The Labute approximate surface area is 121 Å². The first-order valence-electron chi connectivity index (χ1n) is 5.52. The number of sulfonamides is 1. The van der Waals surface area contributed by atoms with Crippen LogP contribution in [0.25, 0.3) is 0 Å². The number of nitrogens with zero attached hydrogens (tertiary/aromatic N) is 1. The minimum atomic E-state index is -3.42. The van der Waals surface area contributed by atoms with Gasteiger partial charge in [0.25, 0.3) is 0 Å². The molecule has 0 radical (unpaired) electrons. The van der Waals surface area contributed by atoms with E-state index in [9.17, 15) is 8.42 Å². The van der Waals surface area contributed by atoms with Gasteiger partial charge in [-0.15, -0.1) is 0 Å². The van der Waals surface area contributed by atoms with Crippen LogP contribution < -0.4 is 0 Å². The van der Waals surface area contributed by atoms with Gasteiger partial charge in [0.1, 0.15) is 0 Å². The van der Waals surface area contributed by atoms with E-state index in [0.29, 0.717) is 22.6 Å². The van der Waals surface area contributed by atoms with Gasteiger partial charge in [0, 0.05) is 17.6 Å². The highest BCUT2D eigenvalue weighted by atomic mass is 79.9. The van der Waals surface area contributed by atoms with Crippen molar-refractivity contribution in [3.63, 3.8) is 0 Å². The predicted molar refractivity (Wildman–Crippen MR) is 76.3 cm³/mol. The van der Waals surface area contributed by atoms with E-state index < -0.39 is 10.0 Å². The second kappa shape index (κ2) is 5.33. The maximum atomic E-state index is 12.4. The normalized spacial score (nSPS) is 17.6. The largest absolute Gasteiger partial charge is 0.243 e. The van der Waals surface area contributed by atoms with Crippen LogP contribution in [0.3, 0.4) is 0 Å². The molecule has 0 bridgehead atoms. The standard InChI is InChI=1S/C12H13BrClNO2S/c1-9-4-6-15(7-5-9)18(16,17)10-2-3-12(14)11(13)8-10/h2-4,8H,5-7H2,1H3. The Balaban J connectivity index is 2.34. The second-order valence-corrected chi connectivity index (χ2v) is 7.44. The van der Waals surface area contributed by atoms with Crippen molar-refractivity contribution in [1.82, 2.24) is 4.31 Å². The molecule has 0 spiro atoms. The SMILES string of the molecule is CC1=CCN(S(=O)(=O)c2ccc(Cl)c(Br)c2)CC1. The minimum absolute atomic E-state index is 0.270. The summed E-state index contributed by atoms with van der Waals surface area (Å²) in [6, 6.07) is 4.67. The molecule has 0 unspecified atom stereocenters. The van der Waals surface area contributed by atoms with Crippen molar-refractivity contribution in [1.29, 1.82) is 0 Å². The average Bonchev–Trinajstić information content (AvgIpc) is 2.33. The highest BCUT2D eigenvalue weighted by Crippen LogP contribution is 2.27. The topological polar surface area (TPSA) is 37.4 Å². The van der Waals surface area contributed by atoms with Crippen molar-refractivity contribution in [2.45, 2.75) is 18.2 Å². The summed E-state index contributed by atoms with van der Waals surface area (Å²) in [6.45, 7) is 2.99. The third-order valence-corrected chi connectivity index (χ3v) is 6.00. The molecule has 1 aromatic rings. The first-order valence-corrected chi connectivity index (χ1v) is 8.13. The fourth-order valence-corrected chi connectivity index (χ4v) is 3.81. The molecule has 3 nitrogen and oxygen atoms in total. The molecule has 2 rings (SSSR count). The summed E-state index contributed by atoms with van der Waals surface area (Å²) in [7, 11) is -3.42. The molecule has 6 heteroatoms. The number of hydrogen-bond donors (Lipinski definition) is 0. The van der Waals surface area contributed by atoms with Crippen molar-refractivity contribution in [3.8, 4) is 0 Å². The summed E-state index contributed by atoms with van der Waals surface area (Å²) in [5.41, 5.74) is 1.23. The van der Waals surface area contributed by atoms with E-state index in [1.807, 2.05) is 13.0 Å². The van der Waals surface area contributed by atoms with Gasteiger partial charge in [0.2, 0.25) is 10.0 Å². The molecule has 18 heavy (non-hydrogen) atoms. The zero-order chi connectivity index (χ0) is 13.3. The molecule has 98 valence electrons. The molecule has 0 amide bonds. The van der Waals surface area contributed by atoms with Gasteiger partial charge in [-0.25, -0.2) is 8.42 Å². The quantitative estimate of drug-likeness (QED) is 0.766. The fraction of sp³-hybridized carbons (Fsp3) is 0.333. The van der Waals surface area contributed by atoms with Gasteiger partial charge in [0.05, 0.1) is 9.92 Å². The van der Waals surface area contributed by atoms with Crippen molar-refractivity contribution in [3.05, 3.63) is 39.3 Å². The van der Waals surface area contributed by atoms with Crippen LogP contribution in [0.1, 0.15) is 13.3 Å². The van der Waals surface area contributed by atoms with Gasteiger partial charge in [-0.1, -0.05) is 23.3 Å². The molecule has 1 aliphatic rings. The number of benzene rings is 1. The first-order chi connectivity index (χ1) is 8.41. The summed E-state index contributed by atoms with van der Waals surface area (Å²) in [5.74, 6) is 0. The van der Waals surface area contributed by atoms with E-state index in [2.05, 4.69) is 15.9 Å². The molecule has 0 aliphatic carbocycles. The van der Waals surface area contributed by atoms with Crippen molar-refractivity contribution in [2.24, 2.45) is 0 Å². The van der Waals surface area contributed by atoms with Crippen LogP contribution >= 0.6 is 27.5 Å². The van der Waals surface area contributed by atoms with Gasteiger partial charge >= 0.3 is 0 Å². The van der Waals surface area contributed by atoms with Crippen LogP contribution in [0.15, 0.2) is 39.2 Å². The van der Waals surface area contributed by atoms with Gasteiger partial charge in [-0.2, -0.15) is 4.31 Å². The molecule has 0 N–H and O–H groups in total. The van der Waals surface area contributed by atoms with Crippen LogP contribution in [-0.2, 0) is 10.0 Å². The lowest BCUT2D eigenvalue weighted by molar-refractivity contribution is 0.431. The molecule has 1 heterocycles. The number of halogens is 2. The Hall–Kier alpha value is -0.360. The van der Waals surface area contributed by atoms with Crippen LogP contribution in [0.5, 0.6) is 0 Å². The number of hydrogen-bond acceptors (Lipinski definition) is 2. The maximum Gasteiger partial charge on any atom is 0.243 e. The van der Waals surface area contributed by atoms with Crippen molar-refractivity contribution < 1.29 is 8.42 Å². The monoisotopic (exact) mass is 349 g/mol. The van der Waals surface area contributed by atoms with Crippen LogP contribution in [0, 0.1) is 0 Å². The van der Waals surface area contributed by atoms with E-state index in [4.69, 9.17) is 11.6 Å². The van der Waals surface area contributed by atoms with Crippen molar-refractivity contribution in [2.75, 3.05) is 13.1 Å². The summed E-state index contributed by atoms with van der Waals surface area (Å²) in [6.07, 6.45) is 2.74. The van der Waals surface area contributed by atoms with E-state index in [0.717, 1.165) is 6.42 Å². The molecule has 1 aromatic carbocycles. The summed E-state index contributed by atoms with van der Waals surface area (Å²) in [5, 5.41) is 0.503. The minimum Gasteiger partial charge on any atom is -0.207 e. The second-order valence-electron chi connectivity index (χ2n) is 4.24. The lowest BCUT2D eigenvalue weighted by Gasteiger charge is -2.24. The fourth-order valence-electron chi connectivity index (χ4n) is 1.76. The first kappa shape index (κ1) is 14.1. The average molecular weight is 351 g/mol. The zero-order valence-corrected chi connectivity index (χ0v) is 13.0. The van der Waals surface area contributed by atoms with E-state index in [1.54, 1.807) is 12.1 Å². The van der Waals surface area contributed by atoms with Gasteiger partial charge in [0.15, 0.2) is 0 Å². The van der Waals surface area contributed by atoms with Gasteiger partial charge in [-0.3, -0.25) is 0 Å².